The predicted octanol–water partition coefficient (Wildman–Crippen LogP) is 3.22. The van der Waals surface area contributed by atoms with E-state index in [0.29, 0.717) is 6.04 Å². The zero-order chi connectivity index (χ0) is 14.3. The summed E-state index contributed by atoms with van der Waals surface area (Å²) in [5.74, 6) is 0. The number of nitrogens with one attached hydrogen (secondary N) is 1. The van der Waals surface area contributed by atoms with Crippen LogP contribution in [0.15, 0.2) is 72.9 Å². The lowest BCUT2D eigenvalue weighted by molar-refractivity contribution is 0.326. The lowest BCUT2D eigenvalue weighted by atomic mass is 10.1. The zero-order valence-corrected chi connectivity index (χ0v) is 12.3. The van der Waals surface area contributed by atoms with E-state index in [-0.39, 0.29) is 0 Å². The van der Waals surface area contributed by atoms with E-state index in [4.69, 9.17) is 0 Å². The Labute approximate surface area is 127 Å². The van der Waals surface area contributed by atoms with Crippen molar-refractivity contribution >= 4 is 0 Å². The molecule has 0 radical (unpaired) electrons. The fraction of sp³-hybridized carbons (Fsp3) is 0.263. The highest BCUT2D eigenvalue weighted by Crippen LogP contribution is 2.10. The van der Waals surface area contributed by atoms with Gasteiger partial charge in [-0.25, -0.2) is 0 Å². The van der Waals surface area contributed by atoms with Crippen molar-refractivity contribution in [1.82, 2.24) is 10.2 Å². The maximum atomic E-state index is 3.62. The topological polar surface area (TPSA) is 15.3 Å². The molecule has 2 heteroatoms. The third-order valence-electron chi connectivity index (χ3n) is 3.85. The second kappa shape index (κ2) is 7.09. The summed E-state index contributed by atoms with van der Waals surface area (Å²) in [4.78, 5) is 2.41. The summed E-state index contributed by atoms with van der Waals surface area (Å²) >= 11 is 0. The van der Waals surface area contributed by atoms with Gasteiger partial charge in [-0.2, -0.15) is 0 Å². The van der Waals surface area contributed by atoms with E-state index in [1.54, 1.807) is 0 Å². The highest BCUT2D eigenvalue weighted by molar-refractivity contribution is 5.17. The maximum Gasteiger partial charge on any atom is 0.0424 e. The van der Waals surface area contributed by atoms with Crippen LogP contribution in [0, 0.1) is 0 Å². The molecule has 0 spiro atoms. The van der Waals surface area contributed by atoms with Gasteiger partial charge in [0.15, 0.2) is 0 Å². The molecule has 1 N–H and O–H groups in total. The van der Waals surface area contributed by atoms with Gasteiger partial charge < -0.3 is 10.2 Å². The minimum atomic E-state index is 0.492. The van der Waals surface area contributed by atoms with Crippen LogP contribution < -0.4 is 5.32 Å². The average molecular weight is 278 g/mol. The highest BCUT2D eigenvalue weighted by Gasteiger charge is 2.14. The summed E-state index contributed by atoms with van der Waals surface area (Å²) in [6.07, 6.45) is 5.52. The summed E-state index contributed by atoms with van der Waals surface area (Å²) in [5, 5.41) is 3.62. The molecular weight excluding hydrogens is 256 g/mol. The van der Waals surface area contributed by atoms with Crippen LogP contribution in [0.3, 0.4) is 0 Å². The second-order valence-corrected chi connectivity index (χ2v) is 5.59. The monoisotopic (exact) mass is 278 g/mol. The molecule has 0 saturated heterocycles. The first-order chi connectivity index (χ1) is 10.4. The van der Waals surface area contributed by atoms with E-state index in [0.717, 1.165) is 26.1 Å². The van der Waals surface area contributed by atoms with Crippen molar-refractivity contribution in [2.75, 3.05) is 13.1 Å². The molecule has 0 bridgehead atoms. The van der Waals surface area contributed by atoms with Gasteiger partial charge in [-0.3, -0.25) is 0 Å². The van der Waals surface area contributed by atoms with Gasteiger partial charge in [0.25, 0.3) is 0 Å². The first-order valence-corrected chi connectivity index (χ1v) is 7.62. The molecule has 1 atom stereocenters. The van der Waals surface area contributed by atoms with Gasteiger partial charge in [-0.15, -0.1) is 0 Å². The van der Waals surface area contributed by atoms with E-state index in [1.807, 2.05) is 0 Å². The molecule has 2 nitrogen and oxygen atoms in total. The summed E-state index contributed by atoms with van der Waals surface area (Å²) in [5.41, 5.74) is 2.76. The molecule has 21 heavy (non-hydrogen) atoms. The molecule has 0 amide bonds. The van der Waals surface area contributed by atoms with Crippen molar-refractivity contribution in [2.45, 2.75) is 19.0 Å². The molecular formula is C19H22N2. The maximum absolute atomic E-state index is 3.62. The van der Waals surface area contributed by atoms with Crippen LogP contribution in [0.5, 0.6) is 0 Å². The number of hydrogen-bond donors (Lipinski definition) is 1. The third-order valence-corrected chi connectivity index (χ3v) is 3.85. The Balaban J connectivity index is 1.63. The van der Waals surface area contributed by atoms with Crippen molar-refractivity contribution in [3.63, 3.8) is 0 Å². The van der Waals surface area contributed by atoms with Gasteiger partial charge in [-0.05, 0) is 23.7 Å². The van der Waals surface area contributed by atoms with Crippen molar-refractivity contribution in [3.05, 3.63) is 84.1 Å². The Morgan fingerprint density at radius 1 is 0.905 bits per heavy atom. The minimum absolute atomic E-state index is 0.492. The molecule has 0 unspecified atom stereocenters. The normalized spacial score (nSPS) is 18.5. The largest absolute Gasteiger partial charge is 0.372 e. The Morgan fingerprint density at radius 2 is 1.57 bits per heavy atom. The Hall–Kier alpha value is -2.06. The van der Waals surface area contributed by atoms with Crippen LogP contribution in [0.1, 0.15) is 11.1 Å². The standard InChI is InChI=1S/C19H22N2/c1-3-8-17(9-4-1)14-19-16-21(13-7-12-20-19)15-18-10-5-2-6-11-18/h1-11,13,19-20H,12,14-16H2/t19-/m0/s1. The van der Waals surface area contributed by atoms with E-state index >= 15 is 0 Å². The van der Waals surface area contributed by atoms with E-state index in [9.17, 15) is 0 Å². The van der Waals surface area contributed by atoms with Crippen LogP contribution in [0.2, 0.25) is 0 Å². The van der Waals surface area contributed by atoms with Crippen molar-refractivity contribution in [2.24, 2.45) is 0 Å². The van der Waals surface area contributed by atoms with Crippen LogP contribution in [0.4, 0.5) is 0 Å². The zero-order valence-electron chi connectivity index (χ0n) is 12.3. The molecule has 0 fully saturated rings. The van der Waals surface area contributed by atoms with E-state index in [2.05, 4.69) is 83.2 Å². The molecule has 1 aliphatic rings. The quantitative estimate of drug-likeness (QED) is 0.924. The van der Waals surface area contributed by atoms with Gasteiger partial charge in [0.2, 0.25) is 0 Å². The summed E-state index contributed by atoms with van der Waals surface area (Å²) in [6.45, 7) is 2.97. The Bertz CT molecular complexity index is 563. The summed E-state index contributed by atoms with van der Waals surface area (Å²) in [7, 11) is 0. The number of hydrogen-bond acceptors (Lipinski definition) is 2. The van der Waals surface area contributed by atoms with Crippen molar-refractivity contribution in [3.8, 4) is 0 Å². The second-order valence-electron chi connectivity index (χ2n) is 5.59. The highest BCUT2D eigenvalue weighted by atomic mass is 15.1. The fourth-order valence-electron chi connectivity index (χ4n) is 2.82. The molecule has 108 valence electrons. The van der Waals surface area contributed by atoms with Gasteiger partial charge in [-0.1, -0.05) is 66.7 Å². The molecule has 3 rings (SSSR count). The van der Waals surface area contributed by atoms with Crippen LogP contribution in [-0.2, 0) is 13.0 Å². The Morgan fingerprint density at radius 3 is 2.29 bits per heavy atom. The molecule has 1 aliphatic heterocycles. The number of rotatable bonds is 4. The van der Waals surface area contributed by atoms with Gasteiger partial charge >= 0.3 is 0 Å². The van der Waals surface area contributed by atoms with Crippen LogP contribution in [-0.4, -0.2) is 24.0 Å². The van der Waals surface area contributed by atoms with E-state index < -0.39 is 0 Å². The van der Waals surface area contributed by atoms with Crippen LogP contribution in [0.25, 0.3) is 0 Å². The number of nitrogens with zero attached hydrogens (tertiary/aromatic N) is 1. The molecule has 2 aromatic rings. The lowest BCUT2D eigenvalue weighted by Gasteiger charge is -2.25. The SMILES string of the molecule is C1=CN(Cc2ccccc2)C[C@H](Cc2ccccc2)NC1. The van der Waals surface area contributed by atoms with Gasteiger partial charge in [0.1, 0.15) is 0 Å². The smallest absolute Gasteiger partial charge is 0.0424 e. The number of benzene rings is 2. The average Bonchev–Trinajstić information content (AvgIpc) is 2.74. The summed E-state index contributed by atoms with van der Waals surface area (Å²) < 4.78 is 0. The minimum Gasteiger partial charge on any atom is -0.372 e. The first-order valence-electron chi connectivity index (χ1n) is 7.62. The molecule has 2 aromatic carbocycles. The van der Waals surface area contributed by atoms with Gasteiger partial charge in [0.05, 0.1) is 0 Å². The summed E-state index contributed by atoms with van der Waals surface area (Å²) in [6, 6.07) is 21.9. The molecule has 0 aromatic heterocycles. The third kappa shape index (κ3) is 4.20. The molecule has 1 heterocycles. The predicted molar refractivity (Wildman–Crippen MR) is 87.9 cm³/mol. The fourth-order valence-corrected chi connectivity index (χ4v) is 2.82. The van der Waals surface area contributed by atoms with Crippen LogP contribution >= 0.6 is 0 Å². The van der Waals surface area contributed by atoms with E-state index in [1.165, 1.54) is 11.1 Å². The van der Waals surface area contributed by atoms with Crippen molar-refractivity contribution < 1.29 is 0 Å². The molecule has 0 saturated carbocycles. The molecule has 0 aliphatic carbocycles. The van der Waals surface area contributed by atoms with Gasteiger partial charge in [0, 0.05) is 25.7 Å². The van der Waals surface area contributed by atoms with Crippen molar-refractivity contribution in [1.29, 1.82) is 0 Å². The lowest BCUT2D eigenvalue weighted by Crippen LogP contribution is -2.38. The first kappa shape index (κ1) is 13.9. The Kier molecular flexibility index (Phi) is 4.70.